The average Bonchev–Trinajstić information content (AvgIpc) is 3.53. The number of hydrogen-bond acceptors (Lipinski definition) is 8. The van der Waals surface area contributed by atoms with E-state index in [-0.39, 0.29) is 37.0 Å². The van der Waals surface area contributed by atoms with Gasteiger partial charge < -0.3 is 26.2 Å². The Hall–Kier alpha value is -4.16. The fourth-order valence-corrected chi connectivity index (χ4v) is 7.19. The first-order valence-corrected chi connectivity index (χ1v) is 18.0. The quantitative estimate of drug-likeness (QED) is 0.160. The SMILES string of the molecule is C=CCNC(=O)C(=O)C(CCC)NC(=O)[C@@H]1C(C(C)C)CCN1C(=O)[C@@H](NC(=O)[C@@H](NC(=O)c1cnccn1)C1(C)CCCCC1)C(C)(C)C. The maximum atomic E-state index is 14.6. The number of hydrogen-bond donors (Lipinski definition) is 4. The van der Waals surface area contributed by atoms with Gasteiger partial charge in [-0.05, 0) is 48.3 Å². The standard InChI is InChI=1S/C37H57N7O6/c1-9-14-25(28(45)33(48)40-18-10-2)41-32(47)27-24(23(3)4)15-21-44(27)35(50)30(36(5,6)7)43-34(49)29(37(8)16-12-11-13-17-37)42-31(46)26-22-38-19-20-39-26/h10,19-20,22-25,27,29-30H,2,9,11-18,21H2,1,3-8H3,(H,40,48)(H,41,47)(H,42,46)(H,43,49)/t24?,25?,27-,29+,30+/m0/s1. The molecular formula is C37H57N7O6. The molecule has 2 fully saturated rings. The van der Waals surface area contributed by atoms with E-state index in [9.17, 15) is 28.8 Å². The van der Waals surface area contributed by atoms with Crippen LogP contribution in [-0.4, -0.2) is 87.4 Å². The van der Waals surface area contributed by atoms with E-state index >= 15 is 0 Å². The van der Waals surface area contributed by atoms with Gasteiger partial charge in [0.05, 0.1) is 12.2 Å². The van der Waals surface area contributed by atoms with Gasteiger partial charge in [-0.2, -0.15) is 0 Å². The van der Waals surface area contributed by atoms with Gasteiger partial charge in [0.1, 0.15) is 23.8 Å². The highest BCUT2D eigenvalue weighted by Gasteiger charge is 2.49. The van der Waals surface area contributed by atoms with Crippen molar-refractivity contribution in [3.8, 4) is 0 Å². The molecule has 1 saturated heterocycles. The third kappa shape index (κ3) is 9.97. The summed E-state index contributed by atoms with van der Waals surface area (Å²) in [7, 11) is 0. The third-order valence-electron chi connectivity index (χ3n) is 10.1. The zero-order chi connectivity index (χ0) is 37.2. The number of nitrogens with one attached hydrogen (secondary N) is 4. The summed E-state index contributed by atoms with van der Waals surface area (Å²) in [6.45, 7) is 17.3. The van der Waals surface area contributed by atoms with Crippen molar-refractivity contribution < 1.29 is 28.8 Å². The van der Waals surface area contributed by atoms with E-state index in [1.807, 2.05) is 48.5 Å². The Morgan fingerprint density at radius 2 is 1.72 bits per heavy atom. The number of nitrogens with zero attached hydrogens (tertiary/aromatic N) is 3. The van der Waals surface area contributed by atoms with Gasteiger partial charge in [-0.1, -0.05) is 80.2 Å². The molecule has 1 aromatic heterocycles. The summed E-state index contributed by atoms with van der Waals surface area (Å²) in [6, 6.07) is -3.98. The zero-order valence-corrected chi connectivity index (χ0v) is 30.8. The number of carbonyl (C=O) groups is 6. The van der Waals surface area contributed by atoms with Crippen molar-refractivity contribution in [3.63, 3.8) is 0 Å². The molecule has 5 atom stereocenters. The molecule has 2 aliphatic rings. The predicted molar refractivity (Wildman–Crippen MR) is 189 cm³/mol. The monoisotopic (exact) mass is 695 g/mol. The third-order valence-corrected chi connectivity index (χ3v) is 10.1. The lowest BCUT2D eigenvalue weighted by molar-refractivity contribution is -0.146. The van der Waals surface area contributed by atoms with Crippen LogP contribution in [0.15, 0.2) is 31.2 Å². The van der Waals surface area contributed by atoms with Crippen LogP contribution < -0.4 is 21.3 Å². The van der Waals surface area contributed by atoms with E-state index in [0.717, 1.165) is 19.3 Å². The summed E-state index contributed by atoms with van der Waals surface area (Å²) in [5, 5.41) is 11.2. The second-order valence-electron chi connectivity index (χ2n) is 15.4. The molecule has 5 amide bonds. The summed E-state index contributed by atoms with van der Waals surface area (Å²) < 4.78 is 0. The normalized spacial score (nSPS) is 20.6. The molecule has 0 spiro atoms. The molecule has 1 saturated carbocycles. The van der Waals surface area contributed by atoms with E-state index in [1.54, 1.807) is 0 Å². The number of aromatic nitrogens is 2. The van der Waals surface area contributed by atoms with Crippen LogP contribution >= 0.6 is 0 Å². The van der Waals surface area contributed by atoms with Crippen LogP contribution in [-0.2, 0) is 24.0 Å². The van der Waals surface area contributed by atoms with Crippen LogP contribution in [0.2, 0.25) is 0 Å². The summed E-state index contributed by atoms with van der Waals surface area (Å²) in [6.07, 6.45) is 11.3. The van der Waals surface area contributed by atoms with E-state index in [4.69, 9.17) is 0 Å². The number of likely N-dealkylation sites (tertiary alicyclic amines) is 1. The highest BCUT2D eigenvalue weighted by Crippen LogP contribution is 2.40. The van der Waals surface area contributed by atoms with Crippen molar-refractivity contribution in [1.82, 2.24) is 36.1 Å². The molecule has 13 heteroatoms. The van der Waals surface area contributed by atoms with Gasteiger partial charge in [-0.3, -0.25) is 33.8 Å². The number of ketones is 1. The van der Waals surface area contributed by atoms with Crippen LogP contribution in [0.4, 0.5) is 0 Å². The molecule has 2 unspecified atom stereocenters. The maximum absolute atomic E-state index is 14.6. The lowest BCUT2D eigenvalue weighted by atomic mass is 9.70. The van der Waals surface area contributed by atoms with E-state index in [2.05, 4.69) is 37.8 Å². The summed E-state index contributed by atoms with van der Waals surface area (Å²) in [5.74, 6) is -3.73. The molecule has 50 heavy (non-hydrogen) atoms. The van der Waals surface area contributed by atoms with Crippen LogP contribution in [0.1, 0.15) is 110 Å². The Morgan fingerprint density at radius 1 is 1.04 bits per heavy atom. The molecule has 0 radical (unpaired) electrons. The van der Waals surface area contributed by atoms with Crippen LogP contribution in [0.25, 0.3) is 0 Å². The molecule has 276 valence electrons. The minimum atomic E-state index is -1.06. The van der Waals surface area contributed by atoms with Crippen molar-refractivity contribution in [2.75, 3.05) is 13.1 Å². The van der Waals surface area contributed by atoms with Crippen molar-refractivity contribution in [3.05, 3.63) is 36.9 Å². The fraction of sp³-hybridized carbons (Fsp3) is 0.676. The molecule has 1 aromatic rings. The molecule has 1 aliphatic heterocycles. The van der Waals surface area contributed by atoms with Gasteiger partial charge in [-0.25, -0.2) is 4.98 Å². The van der Waals surface area contributed by atoms with Crippen LogP contribution in [0, 0.1) is 22.7 Å². The van der Waals surface area contributed by atoms with Gasteiger partial charge in [-0.15, -0.1) is 6.58 Å². The number of amides is 5. The van der Waals surface area contributed by atoms with Crippen LogP contribution in [0.5, 0.6) is 0 Å². The first-order valence-electron chi connectivity index (χ1n) is 18.0. The average molecular weight is 696 g/mol. The Kier molecular flexibility index (Phi) is 14.2. The van der Waals surface area contributed by atoms with Gasteiger partial charge in [0.25, 0.3) is 11.8 Å². The fourth-order valence-electron chi connectivity index (χ4n) is 7.19. The molecule has 3 rings (SSSR count). The number of Topliss-reactive ketones (excluding diaryl/α,β-unsaturated/α-hetero) is 1. The topological polar surface area (TPSA) is 180 Å². The number of rotatable bonds is 15. The second-order valence-corrected chi connectivity index (χ2v) is 15.4. The minimum Gasteiger partial charge on any atom is -0.346 e. The van der Waals surface area contributed by atoms with E-state index in [1.165, 1.54) is 29.6 Å². The van der Waals surface area contributed by atoms with Gasteiger partial charge >= 0.3 is 0 Å². The van der Waals surface area contributed by atoms with Gasteiger partial charge in [0.2, 0.25) is 23.5 Å². The molecule has 13 nitrogen and oxygen atoms in total. The zero-order valence-electron chi connectivity index (χ0n) is 30.8. The largest absolute Gasteiger partial charge is 0.346 e. The highest BCUT2D eigenvalue weighted by atomic mass is 16.2. The van der Waals surface area contributed by atoms with E-state index in [0.29, 0.717) is 25.7 Å². The minimum absolute atomic E-state index is 0.0226. The Morgan fingerprint density at radius 3 is 2.28 bits per heavy atom. The summed E-state index contributed by atoms with van der Waals surface area (Å²) in [4.78, 5) is 91.4. The van der Waals surface area contributed by atoms with Crippen LogP contribution in [0.3, 0.4) is 0 Å². The van der Waals surface area contributed by atoms with Crippen molar-refractivity contribution >= 4 is 35.3 Å². The maximum Gasteiger partial charge on any atom is 0.289 e. The number of carbonyl (C=O) groups excluding carboxylic acids is 6. The molecule has 4 N–H and O–H groups in total. The second kappa shape index (κ2) is 17.7. The molecule has 0 bridgehead atoms. The smallest absolute Gasteiger partial charge is 0.289 e. The summed E-state index contributed by atoms with van der Waals surface area (Å²) >= 11 is 0. The Bertz CT molecular complexity index is 1390. The molecule has 0 aromatic carbocycles. The molecule has 2 heterocycles. The predicted octanol–water partition coefficient (Wildman–Crippen LogP) is 3.11. The first-order chi connectivity index (χ1) is 23.5. The first kappa shape index (κ1) is 40.3. The van der Waals surface area contributed by atoms with Gasteiger partial charge in [0.15, 0.2) is 0 Å². The van der Waals surface area contributed by atoms with E-state index < -0.39 is 70.3 Å². The Balaban J connectivity index is 1.92. The van der Waals surface area contributed by atoms with Crippen molar-refractivity contribution in [1.29, 1.82) is 0 Å². The summed E-state index contributed by atoms with van der Waals surface area (Å²) in [5.41, 5.74) is -1.26. The van der Waals surface area contributed by atoms with Crippen molar-refractivity contribution in [2.45, 2.75) is 124 Å². The van der Waals surface area contributed by atoms with Crippen molar-refractivity contribution in [2.24, 2.45) is 22.7 Å². The van der Waals surface area contributed by atoms with Gasteiger partial charge in [0, 0.05) is 25.5 Å². The Labute approximate surface area is 296 Å². The molecular weight excluding hydrogens is 638 g/mol. The highest BCUT2D eigenvalue weighted by molar-refractivity contribution is 6.38. The lowest BCUT2D eigenvalue weighted by Crippen LogP contribution is -2.63. The lowest BCUT2D eigenvalue weighted by Gasteiger charge is -2.42. The molecule has 1 aliphatic carbocycles.